The maximum atomic E-state index is 12.8. The number of rotatable bonds is 8. The first kappa shape index (κ1) is 21.5. The van der Waals surface area contributed by atoms with Crippen LogP contribution in [0, 0.1) is 0 Å². The van der Waals surface area contributed by atoms with Gasteiger partial charge in [-0.1, -0.05) is 29.8 Å². The van der Waals surface area contributed by atoms with Crippen LogP contribution in [0.5, 0.6) is 17.2 Å². The van der Waals surface area contributed by atoms with Gasteiger partial charge in [-0.3, -0.25) is 9.52 Å². The molecular weight excluding hydrogens is 428 g/mol. The van der Waals surface area contributed by atoms with Gasteiger partial charge in [0.25, 0.3) is 15.9 Å². The number of carbonyl (C=O) groups is 1. The van der Waals surface area contributed by atoms with E-state index in [2.05, 4.69) is 10.0 Å². The smallest absolute Gasteiger partial charge is 0.262 e. The zero-order valence-corrected chi connectivity index (χ0v) is 17.5. The molecule has 0 saturated carbocycles. The molecule has 9 heteroatoms. The molecule has 3 aromatic rings. The molecule has 0 unspecified atom stereocenters. The summed E-state index contributed by atoms with van der Waals surface area (Å²) in [7, 11) is -2.42. The standard InChI is InChI=1S/C21H19ClN2O5S/c1-23-21(25)14-28-16-8-10-18(11-9-16)30(26,27)24-19-13-15(22)7-12-20(19)29-17-5-3-2-4-6-17/h2-13,24H,14H2,1H3,(H,23,25). The van der Waals surface area contributed by atoms with Crippen molar-refractivity contribution in [2.24, 2.45) is 0 Å². The summed E-state index contributed by atoms with van der Waals surface area (Å²) in [5.74, 6) is 0.936. The number of anilines is 1. The van der Waals surface area contributed by atoms with E-state index in [0.29, 0.717) is 22.3 Å². The van der Waals surface area contributed by atoms with E-state index in [0.717, 1.165) is 0 Å². The molecule has 0 heterocycles. The molecule has 0 spiro atoms. The number of likely N-dealkylation sites (N-methyl/N-ethyl adjacent to an activating group) is 1. The van der Waals surface area contributed by atoms with E-state index in [1.807, 2.05) is 18.2 Å². The minimum absolute atomic E-state index is 0.0143. The summed E-state index contributed by atoms with van der Waals surface area (Å²) in [5.41, 5.74) is 0.200. The third-order valence-corrected chi connectivity index (χ3v) is 5.56. The zero-order valence-electron chi connectivity index (χ0n) is 16.0. The Morgan fingerprint density at radius 2 is 1.67 bits per heavy atom. The number of benzene rings is 3. The summed E-state index contributed by atoms with van der Waals surface area (Å²) in [6, 6.07) is 19.3. The molecular formula is C21H19ClN2O5S. The molecule has 0 atom stereocenters. The van der Waals surface area contributed by atoms with Gasteiger partial charge in [0, 0.05) is 12.1 Å². The van der Waals surface area contributed by atoms with Gasteiger partial charge in [-0.2, -0.15) is 0 Å². The van der Waals surface area contributed by atoms with Crippen LogP contribution in [0.1, 0.15) is 0 Å². The molecule has 3 rings (SSSR count). The predicted molar refractivity (Wildman–Crippen MR) is 115 cm³/mol. The van der Waals surface area contributed by atoms with Crippen molar-refractivity contribution in [1.29, 1.82) is 0 Å². The molecule has 0 aliphatic heterocycles. The summed E-state index contributed by atoms with van der Waals surface area (Å²) in [6.45, 7) is -0.163. The number of sulfonamides is 1. The third-order valence-electron chi connectivity index (χ3n) is 3.94. The van der Waals surface area contributed by atoms with Crippen molar-refractivity contribution in [3.05, 3.63) is 77.8 Å². The fourth-order valence-corrected chi connectivity index (χ4v) is 3.66. The number of carbonyl (C=O) groups excluding carboxylic acids is 1. The second kappa shape index (κ2) is 9.51. The Kier molecular flexibility index (Phi) is 6.81. The lowest BCUT2D eigenvalue weighted by atomic mass is 10.3. The van der Waals surface area contributed by atoms with E-state index in [9.17, 15) is 13.2 Å². The molecule has 2 N–H and O–H groups in total. The molecule has 0 aromatic heterocycles. The fourth-order valence-electron chi connectivity index (χ4n) is 2.43. The van der Waals surface area contributed by atoms with Gasteiger partial charge in [0.1, 0.15) is 11.5 Å². The van der Waals surface area contributed by atoms with Crippen molar-refractivity contribution >= 4 is 33.2 Å². The molecule has 0 fully saturated rings. The summed E-state index contributed by atoms with van der Waals surface area (Å²) in [6.07, 6.45) is 0. The largest absolute Gasteiger partial charge is 0.484 e. The van der Waals surface area contributed by atoms with Crippen LogP contribution in [0.4, 0.5) is 5.69 Å². The van der Waals surface area contributed by atoms with Gasteiger partial charge >= 0.3 is 0 Å². The van der Waals surface area contributed by atoms with Gasteiger partial charge in [0.05, 0.1) is 10.6 Å². The minimum Gasteiger partial charge on any atom is -0.484 e. The minimum atomic E-state index is -3.92. The second-order valence-electron chi connectivity index (χ2n) is 6.09. The monoisotopic (exact) mass is 446 g/mol. The lowest BCUT2D eigenvalue weighted by Gasteiger charge is -2.14. The summed E-state index contributed by atoms with van der Waals surface area (Å²) >= 11 is 6.05. The van der Waals surface area contributed by atoms with E-state index in [1.54, 1.807) is 24.3 Å². The Morgan fingerprint density at radius 1 is 0.967 bits per heavy atom. The number of ether oxygens (including phenoxy) is 2. The number of para-hydroxylation sites is 1. The molecule has 156 valence electrons. The highest BCUT2D eigenvalue weighted by Gasteiger charge is 2.18. The fraction of sp³-hybridized carbons (Fsp3) is 0.0952. The van der Waals surface area contributed by atoms with E-state index < -0.39 is 10.0 Å². The van der Waals surface area contributed by atoms with Crippen LogP contribution in [-0.2, 0) is 14.8 Å². The first-order chi connectivity index (χ1) is 14.4. The van der Waals surface area contributed by atoms with E-state index in [-0.39, 0.29) is 23.1 Å². The van der Waals surface area contributed by atoms with Crippen molar-refractivity contribution in [2.45, 2.75) is 4.90 Å². The van der Waals surface area contributed by atoms with Crippen molar-refractivity contribution in [3.63, 3.8) is 0 Å². The van der Waals surface area contributed by atoms with Crippen LogP contribution in [0.25, 0.3) is 0 Å². The number of amides is 1. The van der Waals surface area contributed by atoms with Gasteiger partial charge in [-0.25, -0.2) is 8.42 Å². The molecule has 1 amide bonds. The second-order valence-corrected chi connectivity index (χ2v) is 8.21. The number of halogens is 1. The summed E-state index contributed by atoms with van der Waals surface area (Å²) < 4.78 is 39.2. The first-order valence-electron chi connectivity index (χ1n) is 8.86. The zero-order chi connectivity index (χ0) is 21.6. The van der Waals surface area contributed by atoms with Crippen LogP contribution >= 0.6 is 11.6 Å². The van der Waals surface area contributed by atoms with Gasteiger partial charge in [-0.15, -0.1) is 0 Å². The average molecular weight is 447 g/mol. The quantitative estimate of drug-likeness (QED) is 0.544. The Labute approximate surface area is 179 Å². The third kappa shape index (κ3) is 5.65. The van der Waals surface area contributed by atoms with Gasteiger partial charge < -0.3 is 14.8 Å². The van der Waals surface area contributed by atoms with Crippen LogP contribution in [0.15, 0.2) is 77.7 Å². The summed E-state index contributed by atoms with van der Waals surface area (Å²) in [5, 5.41) is 2.79. The van der Waals surface area contributed by atoms with E-state index in [4.69, 9.17) is 21.1 Å². The SMILES string of the molecule is CNC(=O)COc1ccc(S(=O)(=O)Nc2cc(Cl)ccc2Oc2ccccc2)cc1. The molecule has 7 nitrogen and oxygen atoms in total. The highest BCUT2D eigenvalue weighted by molar-refractivity contribution is 7.92. The van der Waals surface area contributed by atoms with Gasteiger partial charge in [-0.05, 0) is 54.6 Å². The number of nitrogens with one attached hydrogen (secondary N) is 2. The maximum absolute atomic E-state index is 12.8. The summed E-state index contributed by atoms with van der Waals surface area (Å²) in [4.78, 5) is 11.3. The number of hydrogen-bond acceptors (Lipinski definition) is 5. The van der Waals surface area contributed by atoms with Gasteiger partial charge in [0.2, 0.25) is 0 Å². The number of hydrogen-bond donors (Lipinski definition) is 2. The normalized spacial score (nSPS) is 10.9. The van der Waals surface area contributed by atoms with Crippen molar-refractivity contribution in [2.75, 3.05) is 18.4 Å². The molecule has 30 heavy (non-hydrogen) atoms. The molecule has 3 aromatic carbocycles. The highest BCUT2D eigenvalue weighted by Crippen LogP contribution is 2.33. The lowest BCUT2D eigenvalue weighted by Crippen LogP contribution is -2.24. The molecule has 0 saturated heterocycles. The van der Waals surface area contributed by atoms with Crippen LogP contribution in [0.3, 0.4) is 0 Å². The van der Waals surface area contributed by atoms with Crippen molar-refractivity contribution in [3.8, 4) is 17.2 Å². The molecule has 0 radical (unpaired) electrons. The van der Waals surface area contributed by atoms with Crippen molar-refractivity contribution in [1.82, 2.24) is 5.32 Å². The van der Waals surface area contributed by atoms with E-state index in [1.165, 1.54) is 37.4 Å². The maximum Gasteiger partial charge on any atom is 0.262 e. The Bertz CT molecular complexity index is 1120. The van der Waals surface area contributed by atoms with Crippen LogP contribution in [-0.4, -0.2) is 28.0 Å². The highest BCUT2D eigenvalue weighted by atomic mass is 35.5. The lowest BCUT2D eigenvalue weighted by molar-refractivity contribution is -0.122. The topological polar surface area (TPSA) is 93.7 Å². The Hall–Kier alpha value is -3.23. The van der Waals surface area contributed by atoms with Gasteiger partial charge in [0.15, 0.2) is 12.4 Å². The molecule has 0 aliphatic rings. The molecule has 0 bridgehead atoms. The predicted octanol–water partition coefficient (Wildman–Crippen LogP) is 4.06. The Balaban J connectivity index is 1.79. The average Bonchev–Trinajstić information content (AvgIpc) is 2.74. The van der Waals surface area contributed by atoms with Crippen molar-refractivity contribution < 1.29 is 22.7 Å². The first-order valence-corrected chi connectivity index (χ1v) is 10.7. The van der Waals surface area contributed by atoms with Crippen LogP contribution < -0.4 is 19.5 Å². The van der Waals surface area contributed by atoms with Crippen LogP contribution in [0.2, 0.25) is 5.02 Å². The molecule has 0 aliphatic carbocycles. The Morgan fingerprint density at radius 3 is 2.33 bits per heavy atom. The van der Waals surface area contributed by atoms with E-state index >= 15 is 0 Å².